The molecule has 146 valence electrons. The molecule has 5 rings (SSSR count). The molecule has 0 spiro atoms. The zero-order valence-corrected chi connectivity index (χ0v) is 15.7. The number of nitriles is 2. The van der Waals surface area contributed by atoms with E-state index in [1.807, 2.05) is 42.5 Å². The Morgan fingerprint density at radius 1 is 0.742 bits per heavy atom. The van der Waals surface area contributed by atoms with Crippen LogP contribution < -0.4 is 0 Å². The molecule has 0 bridgehead atoms. The number of pyridine rings is 1. The third kappa shape index (κ3) is 2.49. The molecule has 0 fully saturated rings. The summed E-state index contributed by atoms with van der Waals surface area (Å²) in [6.07, 6.45) is 3.79. The smallest absolute Gasteiger partial charge is 0.167 e. The van der Waals surface area contributed by atoms with E-state index in [0.717, 1.165) is 23.3 Å². The van der Waals surface area contributed by atoms with E-state index in [9.17, 15) is 23.7 Å². The average Bonchev–Trinajstić information content (AvgIpc) is 3.26. The average molecular weight is 409 g/mol. The summed E-state index contributed by atoms with van der Waals surface area (Å²) in [4.78, 5) is 4.45. The Labute approximate surface area is 175 Å². The first-order valence-corrected chi connectivity index (χ1v) is 9.26. The summed E-state index contributed by atoms with van der Waals surface area (Å²) in [6, 6.07) is 15.1. The lowest BCUT2D eigenvalue weighted by molar-refractivity contribution is 0.492. The van der Waals surface area contributed by atoms with Crippen LogP contribution in [-0.2, 0) is 0 Å². The van der Waals surface area contributed by atoms with Crippen molar-refractivity contribution in [2.75, 3.05) is 0 Å². The van der Waals surface area contributed by atoms with Crippen LogP contribution in [0.4, 0.5) is 13.2 Å². The quantitative estimate of drug-likeness (QED) is 0.272. The molecule has 0 atom stereocenters. The summed E-state index contributed by atoms with van der Waals surface area (Å²) in [5, 5.41) is 18.8. The van der Waals surface area contributed by atoms with Crippen molar-refractivity contribution in [1.29, 1.82) is 10.5 Å². The Bertz CT molecular complexity index is 1430. The third-order valence-corrected chi connectivity index (χ3v) is 5.45. The maximum Gasteiger partial charge on any atom is 0.167 e. The Kier molecular flexibility index (Phi) is 4.10. The number of hydrogen-bond acceptors (Lipinski definition) is 3. The number of benzene rings is 2. The maximum absolute atomic E-state index is 14.9. The number of aromatic nitrogens is 1. The molecule has 0 radical (unpaired) electrons. The summed E-state index contributed by atoms with van der Waals surface area (Å²) in [6.45, 7) is 0. The second-order valence-electron chi connectivity index (χ2n) is 6.97. The fourth-order valence-electron chi connectivity index (χ4n) is 4.34. The van der Waals surface area contributed by atoms with Crippen LogP contribution in [-0.4, -0.2) is 4.98 Å². The molecule has 3 nitrogen and oxygen atoms in total. The highest BCUT2D eigenvalue weighted by Crippen LogP contribution is 2.55. The van der Waals surface area contributed by atoms with E-state index >= 15 is 0 Å². The predicted molar refractivity (Wildman–Crippen MR) is 109 cm³/mol. The molecule has 2 aromatic carbocycles. The van der Waals surface area contributed by atoms with E-state index < -0.39 is 17.5 Å². The van der Waals surface area contributed by atoms with Crippen LogP contribution in [0, 0.1) is 40.1 Å². The van der Waals surface area contributed by atoms with E-state index in [-0.39, 0.29) is 22.3 Å². The molecular formula is C25H10F3N3. The van der Waals surface area contributed by atoms with Crippen LogP contribution in [0.3, 0.4) is 0 Å². The first kappa shape index (κ1) is 18.6. The molecule has 2 aliphatic carbocycles. The molecule has 2 aliphatic rings. The van der Waals surface area contributed by atoms with Crippen LogP contribution in [0.15, 0.2) is 66.4 Å². The van der Waals surface area contributed by atoms with Gasteiger partial charge in [-0.25, -0.2) is 13.2 Å². The molecule has 31 heavy (non-hydrogen) atoms. The highest BCUT2D eigenvalue weighted by atomic mass is 19.2. The monoisotopic (exact) mass is 409 g/mol. The summed E-state index contributed by atoms with van der Waals surface area (Å²) in [5.74, 6) is -3.64. The molecule has 0 N–H and O–H groups in total. The van der Waals surface area contributed by atoms with E-state index in [1.54, 1.807) is 12.3 Å². The third-order valence-electron chi connectivity index (χ3n) is 5.45. The number of fused-ring (bicyclic) bond motifs is 4. The first-order valence-electron chi connectivity index (χ1n) is 9.26. The summed E-state index contributed by atoms with van der Waals surface area (Å²) in [7, 11) is 0. The lowest BCUT2D eigenvalue weighted by Gasteiger charge is -2.11. The molecular weight excluding hydrogens is 399 g/mol. The van der Waals surface area contributed by atoms with Gasteiger partial charge in [0.05, 0.1) is 17.8 Å². The second-order valence-corrected chi connectivity index (χ2v) is 6.97. The van der Waals surface area contributed by atoms with Crippen molar-refractivity contribution in [3.05, 3.63) is 106 Å². The molecule has 0 amide bonds. The molecule has 0 aliphatic heterocycles. The summed E-state index contributed by atoms with van der Waals surface area (Å²) >= 11 is 0. The SMILES string of the molecule is N#CC=C1C(=C2\c3ccccc3-c3ncccc32)/C(=C/C#N)c2c(F)c(F)cc(F)c21. The van der Waals surface area contributed by atoms with Gasteiger partial charge in [-0.3, -0.25) is 4.98 Å². The van der Waals surface area contributed by atoms with Crippen LogP contribution in [0.25, 0.3) is 28.0 Å². The number of allylic oxidation sites excluding steroid dienone is 5. The molecule has 6 heteroatoms. The largest absolute Gasteiger partial charge is 0.256 e. The van der Waals surface area contributed by atoms with Crippen molar-refractivity contribution in [2.45, 2.75) is 0 Å². The number of halogens is 3. The normalized spacial score (nSPS) is 18.5. The van der Waals surface area contributed by atoms with Gasteiger partial charge in [0.2, 0.25) is 0 Å². The minimum absolute atomic E-state index is 0.0245. The van der Waals surface area contributed by atoms with Crippen molar-refractivity contribution < 1.29 is 13.2 Å². The van der Waals surface area contributed by atoms with Crippen molar-refractivity contribution in [3.8, 4) is 23.4 Å². The van der Waals surface area contributed by atoms with E-state index in [4.69, 9.17) is 0 Å². The van der Waals surface area contributed by atoms with Gasteiger partial charge in [0.1, 0.15) is 5.82 Å². The van der Waals surface area contributed by atoms with Gasteiger partial charge in [0.25, 0.3) is 0 Å². The summed E-state index contributed by atoms with van der Waals surface area (Å²) < 4.78 is 43.9. The van der Waals surface area contributed by atoms with E-state index in [0.29, 0.717) is 28.5 Å². The molecule has 0 saturated carbocycles. The maximum atomic E-state index is 14.9. The zero-order chi connectivity index (χ0) is 21.7. The Morgan fingerprint density at radius 2 is 1.39 bits per heavy atom. The van der Waals surface area contributed by atoms with Crippen molar-refractivity contribution >= 4 is 16.7 Å². The summed E-state index contributed by atoms with van der Waals surface area (Å²) in [5.41, 5.74) is 3.32. The van der Waals surface area contributed by atoms with Crippen LogP contribution >= 0.6 is 0 Å². The van der Waals surface area contributed by atoms with Gasteiger partial charge < -0.3 is 0 Å². The standard InChI is InChI=1S/C25H10F3N3/c26-18-12-19(27)24(28)23-16(8-10-30)21(15(7-9-29)22(18)23)20-13-4-1-2-5-14(13)25-17(20)6-3-11-31-25/h1-8,11-12H/b15-7?,16-8-,21-20-. The van der Waals surface area contributed by atoms with Gasteiger partial charge in [-0.2, -0.15) is 10.5 Å². The highest BCUT2D eigenvalue weighted by Gasteiger charge is 2.38. The lowest BCUT2D eigenvalue weighted by Crippen LogP contribution is -1.97. The zero-order valence-electron chi connectivity index (χ0n) is 15.7. The molecule has 1 heterocycles. The Balaban J connectivity index is 2.00. The van der Waals surface area contributed by atoms with Crippen molar-refractivity contribution in [2.24, 2.45) is 0 Å². The Morgan fingerprint density at radius 3 is 2.10 bits per heavy atom. The predicted octanol–water partition coefficient (Wildman–Crippen LogP) is 5.81. The van der Waals surface area contributed by atoms with Crippen molar-refractivity contribution in [1.82, 2.24) is 4.98 Å². The second kappa shape index (κ2) is 6.83. The van der Waals surface area contributed by atoms with Crippen LogP contribution in [0.2, 0.25) is 0 Å². The highest BCUT2D eigenvalue weighted by molar-refractivity contribution is 6.19. The fourth-order valence-corrected chi connectivity index (χ4v) is 4.34. The topological polar surface area (TPSA) is 60.5 Å². The van der Waals surface area contributed by atoms with Gasteiger partial charge >= 0.3 is 0 Å². The van der Waals surface area contributed by atoms with Gasteiger partial charge in [-0.05, 0) is 11.6 Å². The fraction of sp³-hybridized carbons (Fsp3) is 0. The Hall–Kier alpha value is -4.42. The van der Waals surface area contributed by atoms with Crippen molar-refractivity contribution in [3.63, 3.8) is 0 Å². The number of nitrogens with zero attached hydrogens (tertiary/aromatic N) is 3. The first-order chi connectivity index (χ1) is 15.1. The molecule has 3 aromatic rings. The minimum Gasteiger partial charge on any atom is -0.256 e. The van der Waals surface area contributed by atoms with E-state index in [1.165, 1.54) is 0 Å². The number of rotatable bonds is 0. The lowest BCUT2D eigenvalue weighted by atomic mass is 9.91. The van der Waals surface area contributed by atoms with Crippen LogP contribution in [0.5, 0.6) is 0 Å². The number of hydrogen-bond donors (Lipinski definition) is 0. The van der Waals surface area contributed by atoms with Crippen LogP contribution in [0.1, 0.15) is 22.3 Å². The van der Waals surface area contributed by atoms with Gasteiger partial charge in [-0.1, -0.05) is 30.3 Å². The minimum atomic E-state index is -1.36. The van der Waals surface area contributed by atoms with Gasteiger partial charge in [0.15, 0.2) is 11.6 Å². The van der Waals surface area contributed by atoms with Gasteiger partial charge in [0, 0.05) is 69.0 Å². The van der Waals surface area contributed by atoms with Gasteiger partial charge in [-0.15, -0.1) is 0 Å². The van der Waals surface area contributed by atoms with E-state index in [2.05, 4.69) is 4.98 Å². The molecule has 1 aromatic heterocycles. The molecule has 0 unspecified atom stereocenters. The molecule has 0 saturated heterocycles.